The zero-order valence-electron chi connectivity index (χ0n) is 10.3. The fourth-order valence-electron chi connectivity index (χ4n) is 1.87. The van der Waals surface area contributed by atoms with E-state index in [1.807, 2.05) is 66.5 Å². The van der Waals surface area contributed by atoms with Gasteiger partial charge in [-0.1, -0.05) is 46.3 Å². The van der Waals surface area contributed by atoms with Crippen LogP contribution in [0.5, 0.6) is 0 Å². The largest absolute Gasteiger partial charge is 0.387 e. The number of rotatable bonds is 4. The van der Waals surface area contributed by atoms with Gasteiger partial charge in [0.1, 0.15) is 0 Å². The molecule has 1 N–H and O–H groups in total. The zero-order chi connectivity index (χ0) is 13.0. The second-order valence-electron chi connectivity index (χ2n) is 4.29. The normalized spacial score (nSPS) is 12.2. The molecule has 2 aromatic rings. The third kappa shape index (κ3) is 3.34. The molecule has 0 aliphatic rings. The number of aliphatic hydroxyl groups excluding tert-OH is 1. The van der Waals surface area contributed by atoms with E-state index in [2.05, 4.69) is 15.9 Å². The molecule has 0 fully saturated rings. The quantitative estimate of drug-likeness (QED) is 0.932. The number of benzene rings is 2. The molecule has 0 spiro atoms. The van der Waals surface area contributed by atoms with Gasteiger partial charge in [0.2, 0.25) is 0 Å². The highest BCUT2D eigenvalue weighted by Crippen LogP contribution is 2.21. The van der Waals surface area contributed by atoms with E-state index in [-0.39, 0.29) is 0 Å². The Hall–Kier alpha value is -1.32. The monoisotopic (exact) mass is 305 g/mol. The summed E-state index contributed by atoms with van der Waals surface area (Å²) < 4.78 is 0.987. The number of likely N-dealkylation sites (N-methyl/N-ethyl adjacent to an activating group) is 1. The van der Waals surface area contributed by atoms with Gasteiger partial charge in [0.15, 0.2) is 0 Å². The van der Waals surface area contributed by atoms with Crippen LogP contribution in [0.2, 0.25) is 0 Å². The van der Waals surface area contributed by atoms with Crippen LogP contribution in [0.15, 0.2) is 59.1 Å². The molecule has 18 heavy (non-hydrogen) atoms. The maximum Gasteiger partial charge on any atom is 0.0965 e. The lowest BCUT2D eigenvalue weighted by molar-refractivity contribution is 0.185. The number of para-hydroxylation sites is 1. The van der Waals surface area contributed by atoms with Crippen LogP contribution in [0, 0.1) is 0 Å². The average molecular weight is 306 g/mol. The third-order valence-electron chi connectivity index (χ3n) is 2.88. The number of nitrogens with zero attached hydrogens (tertiary/aromatic N) is 1. The van der Waals surface area contributed by atoms with Gasteiger partial charge in [-0.15, -0.1) is 0 Å². The maximum absolute atomic E-state index is 10.2. The molecule has 0 aliphatic carbocycles. The first-order valence-electron chi connectivity index (χ1n) is 5.86. The first-order valence-corrected chi connectivity index (χ1v) is 6.66. The van der Waals surface area contributed by atoms with Crippen molar-refractivity contribution in [3.8, 4) is 0 Å². The molecule has 3 heteroatoms. The van der Waals surface area contributed by atoms with E-state index >= 15 is 0 Å². The van der Waals surface area contributed by atoms with Gasteiger partial charge in [0.05, 0.1) is 6.10 Å². The van der Waals surface area contributed by atoms with Crippen molar-refractivity contribution in [1.82, 2.24) is 0 Å². The molecule has 0 radical (unpaired) electrons. The van der Waals surface area contributed by atoms with E-state index in [0.717, 1.165) is 15.7 Å². The van der Waals surface area contributed by atoms with Gasteiger partial charge >= 0.3 is 0 Å². The molecule has 2 aromatic carbocycles. The standard InChI is InChI=1S/C15H16BrNO/c1-17(14-8-3-2-4-9-14)11-15(18)12-6-5-7-13(16)10-12/h2-10,15,18H,11H2,1H3. The molecule has 94 valence electrons. The minimum absolute atomic E-state index is 0.493. The van der Waals surface area contributed by atoms with Crippen LogP contribution in [0.1, 0.15) is 11.7 Å². The van der Waals surface area contributed by atoms with Crippen LogP contribution in [-0.2, 0) is 0 Å². The number of aliphatic hydroxyl groups is 1. The summed E-state index contributed by atoms with van der Waals surface area (Å²) >= 11 is 3.42. The van der Waals surface area contributed by atoms with Crippen LogP contribution < -0.4 is 4.90 Å². The molecule has 1 atom stereocenters. The van der Waals surface area contributed by atoms with Crippen LogP contribution >= 0.6 is 15.9 Å². The molecule has 2 nitrogen and oxygen atoms in total. The van der Waals surface area contributed by atoms with Gasteiger partial charge in [0, 0.05) is 23.8 Å². The van der Waals surface area contributed by atoms with Crippen LogP contribution in [0.4, 0.5) is 5.69 Å². The Kier molecular flexibility index (Phi) is 4.39. The molecule has 0 saturated heterocycles. The minimum Gasteiger partial charge on any atom is -0.387 e. The summed E-state index contributed by atoms with van der Waals surface area (Å²) in [5.74, 6) is 0. The van der Waals surface area contributed by atoms with Gasteiger partial charge in [-0.2, -0.15) is 0 Å². The molecule has 2 rings (SSSR count). The predicted octanol–water partition coefficient (Wildman–Crippen LogP) is 3.62. The van der Waals surface area contributed by atoms with Crippen molar-refractivity contribution in [2.45, 2.75) is 6.10 Å². The number of anilines is 1. The number of hydrogen-bond donors (Lipinski definition) is 1. The summed E-state index contributed by atoms with van der Waals surface area (Å²) in [4.78, 5) is 2.05. The summed E-state index contributed by atoms with van der Waals surface area (Å²) in [5, 5.41) is 10.2. The SMILES string of the molecule is CN(CC(O)c1cccc(Br)c1)c1ccccc1. The van der Waals surface area contributed by atoms with Crippen molar-refractivity contribution in [2.24, 2.45) is 0 Å². The van der Waals surface area contributed by atoms with Crippen molar-refractivity contribution < 1.29 is 5.11 Å². The lowest BCUT2D eigenvalue weighted by atomic mass is 10.1. The Morgan fingerprint density at radius 3 is 2.50 bits per heavy atom. The lowest BCUT2D eigenvalue weighted by Crippen LogP contribution is -2.24. The van der Waals surface area contributed by atoms with Crippen LogP contribution in [0.3, 0.4) is 0 Å². The van der Waals surface area contributed by atoms with Gasteiger partial charge in [-0.05, 0) is 29.8 Å². The Labute approximate surface area is 116 Å². The minimum atomic E-state index is -0.493. The molecule has 0 amide bonds. The highest BCUT2D eigenvalue weighted by atomic mass is 79.9. The Morgan fingerprint density at radius 1 is 1.11 bits per heavy atom. The highest BCUT2D eigenvalue weighted by molar-refractivity contribution is 9.10. The smallest absolute Gasteiger partial charge is 0.0965 e. The van der Waals surface area contributed by atoms with Gasteiger partial charge in [-0.25, -0.2) is 0 Å². The van der Waals surface area contributed by atoms with E-state index in [1.54, 1.807) is 0 Å². The molecule has 0 aromatic heterocycles. The van der Waals surface area contributed by atoms with Gasteiger partial charge in [-0.3, -0.25) is 0 Å². The number of halogens is 1. The molecular formula is C15H16BrNO. The zero-order valence-corrected chi connectivity index (χ0v) is 11.8. The summed E-state index contributed by atoms with van der Waals surface area (Å²) in [6.07, 6.45) is -0.493. The van der Waals surface area contributed by atoms with E-state index < -0.39 is 6.10 Å². The molecular weight excluding hydrogens is 290 g/mol. The first-order chi connectivity index (χ1) is 8.66. The Balaban J connectivity index is 2.05. The topological polar surface area (TPSA) is 23.5 Å². The second-order valence-corrected chi connectivity index (χ2v) is 5.20. The van der Waals surface area contributed by atoms with Crippen molar-refractivity contribution in [3.63, 3.8) is 0 Å². The van der Waals surface area contributed by atoms with E-state index in [1.165, 1.54) is 0 Å². The van der Waals surface area contributed by atoms with Gasteiger partial charge in [0.25, 0.3) is 0 Å². The summed E-state index contributed by atoms with van der Waals surface area (Å²) in [6.45, 7) is 0.570. The fraction of sp³-hybridized carbons (Fsp3) is 0.200. The summed E-state index contributed by atoms with van der Waals surface area (Å²) in [7, 11) is 1.98. The fourth-order valence-corrected chi connectivity index (χ4v) is 2.28. The van der Waals surface area contributed by atoms with E-state index in [4.69, 9.17) is 0 Å². The Morgan fingerprint density at radius 2 is 1.83 bits per heavy atom. The van der Waals surface area contributed by atoms with Crippen molar-refractivity contribution >= 4 is 21.6 Å². The van der Waals surface area contributed by atoms with E-state index in [0.29, 0.717) is 6.54 Å². The first kappa shape index (κ1) is 13.1. The second kappa shape index (κ2) is 6.03. The summed E-state index contributed by atoms with van der Waals surface area (Å²) in [6, 6.07) is 17.8. The van der Waals surface area contributed by atoms with Gasteiger partial charge < -0.3 is 10.0 Å². The van der Waals surface area contributed by atoms with Crippen LogP contribution in [-0.4, -0.2) is 18.7 Å². The third-order valence-corrected chi connectivity index (χ3v) is 3.37. The Bertz CT molecular complexity index is 501. The van der Waals surface area contributed by atoms with Crippen molar-refractivity contribution in [2.75, 3.05) is 18.5 Å². The number of hydrogen-bond acceptors (Lipinski definition) is 2. The molecule has 1 unspecified atom stereocenters. The molecule has 0 saturated carbocycles. The summed E-state index contributed by atoms with van der Waals surface area (Å²) in [5.41, 5.74) is 2.03. The maximum atomic E-state index is 10.2. The van der Waals surface area contributed by atoms with E-state index in [9.17, 15) is 5.11 Å². The lowest BCUT2D eigenvalue weighted by Gasteiger charge is -2.23. The van der Waals surface area contributed by atoms with Crippen LogP contribution in [0.25, 0.3) is 0 Å². The predicted molar refractivity (Wildman–Crippen MR) is 78.8 cm³/mol. The van der Waals surface area contributed by atoms with Crippen molar-refractivity contribution in [1.29, 1.82) is 0 Å². The average Bonchev–Trinajstić information content (AvgIpc) is 2.39. The highest BCUT2D eigenvalue weighted by Gasteiger charge is 2.11. The molecule has 0 bridgehead atoms. The van der Waals surface area contributed by atoms with Crippen molar-refractivity contribution in [3.05, 3.63) is 64.6 Å². The molecule has 0 aliphatic heterocycles. The molecule has 0 heterocycles.